The van der Waals surface area contributed by atoms with E-state index in [2.05, 4.69) is 24.9 Å². The molecule has 0 spiro atoms. The van der Waals surface area contributed by atoms with Crippen molar-refractivity contribution in [2.45, 2.75) is 19.8 Å². The van der Waals surface area contributed by atoms with Gasteiger partial charge in [0.1, 0.15) is 5.82 Å². The van der Waals surface area contributed by atoms with Crippen LogP contribution >= 0.6 is 0 Å². The third kappa shape index (κ3) is 6.04. The smallest absolute Gasteiger partial charge is 0.330 e. The Bertz CT molecular complexity index is 1010. The van der Waals surface area contributed by atoms with Crippen molar-refractivity contribution >= 4 is 17.7 Å². The molecule has 0 unspecified atom stereocenters. The van der Waals surface area contributed by atoms with E-state index in [1.54, 1.807) is 28.1 Å². The first-order valence-corrected chi connectivity index (χ1v) is 7.47. The SMILES string of the molecule is Cc1c[nH]c(C(=O)CCc2nc(N)nc(N)n2)n1.O=c1[nH]c(=O)[nH]c(=O)[nH]1. The maximum absolute atomic E-state index is 11.8. The number of aryl methyl sites for hydroxylation is 2. The van der Waals surface area contributed by atoms with Gasteiger partial charge in [-0.25, -0.2) is 19.4 Å². The molecule has 0 aliphatic heterocycles. The summed E-state index contributed by atoms with van der Waals surface area (Å²) < 4.78 is 0. The Hall–Kier alpha value is -4.10. The molecule has 3 heterocycles. The Balaban J connectivity index is 0.000000244. The molecule has 0 atom stereocenters. The van der Waals surface area contributed by atoms with E-state index in [0.29, 0.717) is 18.1 Å². The number of hydrogen-bond acceptors (Lipinski definition) is 10. The minimum absolute atomic E-state index is 0.0544. The summed E-state index contributed by atoms with van der Waals surface area (Å²) >= 11 is 0. The summed E-state index contributed by atoms with van der Waals surface area (Å²) in [6, 6.07) is 0. The van der Waals surface area contributed by atoms with E-state index in [-0.39, 0.29) is 24.1 Å². The number of nitrogen functional groups attached to an aromatic ring is 2. The van der Waals surface area contributed by atoms with Gasteiger partial charge in [-0.1, -0.05) is 0 Å². The number of H-pyrrole nitrogens is 4. The largest absolute Gasteiger partial charge is 0.368 e. The second-order valence-electron chi connectivity index (χ2n) is 5.14. The van der Waals surface area contributed by atoms with Crippen molar-refractivity contribution in [2.75, 3.05) is 11.5 Å². The third-order valence-electron chi connectivity index (χ3n) is 2.94. The summed E-state index contributed by atoms with van der Waals surface area (Å²) in [7, 11) is 0. The van der Waals surface area contributed by atoms with Gasteiger partial charge < -0.3 is 16.5 Å². The lowest BCUT2D eigenvalue weighted by atomic mass is 10.2. The maximum Gasteiger partial charge on any atom is 0.330 e. The molecule has 3 rings (SSSR count). The number of nitrogens with zero attached hydrogens (tertiary/aromatic N) is 4. The zero-order valence-corrected chi connectivity index (χ0v) is 14.1. The van der Waals surface area contributed by atoms with Gasteiger partial charge in [0, 0.05) is 19.0 Å². The van der Waals surface area contributed by atoms with Crippen molar-refractivity contribution in [1.29, 1.82) is 0 Å². The Morgan fingerprint density at radius 2 is 1.44 bits per heavy atom. The van der Waals surface area contributed by atoms with Gasteiger partial charge in [-0.3, -0.25) is 19.7 Å². The van der Waals surface area contributed by atoms with E-state index in [9.17, 15) is 19.2 Å². The number of carbonyl (C=O) groups is 1. The Labute approximate surface area is 149 Å². The highest BCUT2D eigenvalue weighted by atomic mass is 16.2. The zero-order valence-electron chi connectivity index (χ0n) is 14.1. The van der Waals surface area contributed by atoms with Crippen LogP contribution in [0.1, 0.15) is 28.6 Å². The number of aromatic nitrogens is 8. The van der Waals surface area contributed by atoms with Crippen LogP contribution in [0.3, 0.4) is 0 Å². The monoisotopic (exact) mass is 376 g/mol. The molecule has 14 nitrogen and oxygen atoms in total. The molecule has 3 aromatic heterocycles. The van der Waals surface area contributed by atoms with Gasteiger partial charge in [0.05, 0.1) is 5.69 Å². The number of nitrogens with two attached hydrogens (primary N) is 2. The standard InChI is InChI=1S/C10H13N7O.C3H3N3O3/c1-5-4-13-8(14-5)6(18)2-3-7-15-9(11)17-10(12)16-7;7-1-4-2(8)6-3(9)5-1/h4H,2-3H2,1H3,(H,13,14)(H4,11,12,15,16,17);(H3,4,5,6,7,8,9). The second kappa shape index (κ2) is 8.32. The molecule has 0 aliphatic rings. The molecule has 0 bridgehead atoms. The fourth-order valence-corrected chi connectivity index (χ4v) is 1.87. The lowest BCUT2D eigenvalue weighted by Gasteiger charge is -2.00. The van der Waals surface area contributed by atoms with E-state index in [1.165, 1.54) is 0 Å². The first-order chi connectivity index (χ1) is 12.7. The molecule has 8 N–H and O–H groups in total. The number of rotatable bonds is 4. The molecule has 0 saturated heterocycles. The molecule has 14 heteroatoms. The van der Waals surface area contributed by atoms with E-state index >= 15 is 0 Å². The molecular formula is C13H16N10O4. The number of Topliss-reactive ketones (excluding diaryl/α,β-unsaturated/α-hetero) is 1. The van der Waals surface area contributed by atoms with Crippen LogP contribution < -0.4 is 28.5 Å². The number of nitrogens with one attached hydrogen (secondary N) is 4. The molecule has 142 valence electrons. The summed E-state index contributed by atoms with van der Waals surface area (Å²) in [6.45, 7) is 1.81. The van der Waals surface area contributed by atoms with Gasteiger partial charge in [0.15, 0.2) is 11.6 Å². The molecule has 0 radical (unpaired) electrons. The minimum Gasteiger partial charge on any atom is -0.368 e. The van der Waals surface area contributed by atoms with Crippen LogP contribution in [0.4, 0.5) is 11.9 Å². The van der Waals surface area contributed by atoms with Gasteiger partial charge in [-0.05, 0) is 6.92 Å². The topological polar surface area (TPSA) is 235 Å². The van der Waals surface area contributed by atoms with Crippen molar-refractivity contribution in [1.82, 2.24) is 39.9 Å². The van der Waals surface area contributed by atoms with Gasteiger partial charge in [0.2, 0.25) is 11.9 Å². The summed E-state index contributed by atoms with van der Waals surface area (Å²) in [4.78, 5) is 66.0. The summed E-state index contributed by atoms with van der Waals surface area (Å²) in [5.41, 5.74) is 9.23. The fraction of sp³-hybridized carbons (Fsp3) is 0.231. The minimum atomic E-state index is -0.802. The lowest BCUT2D eigenvalue weighted by molar-refractivity contribution is 0.0973. The van der Waals surface area contributed by atoms with Crippen molar-refractivity contribution in [3.8, 4) is 0 Å². The molecule has 0 fully saturated rings. The van der Waals surface area contributed by atoms with Gasteiger partial charge in [0.25, 0.3) is 0 Å². The normalized spacial score (nSPS) is 10.1. The van der Waals surface area contributed by atoms with Crippen molar-refractivity contribution in [3.05, 3.63) is 55.0 Å². The average molecular weight is 376 g/mol. The van der Waals surface area contributed by atoms with E-state index in [0.717, 1.165) is 5.69 Å². The van der Waals surface area contributed by atoms with E-state index in [4.69, 9.17) is 11.5 Å². The molecular weight excluding hydrogens is 360 g/mol. The van der Waals surface area contributed by atoms with Crippen molar-refractivity contribution in [2.24, 2.45) is 0 Å². The van der Waals surface area contributed by atoms with Crippen LogP contribution in [0.15, 0.2) is 20.6 Å². The molecule has 3 aromatic rings. The third-order valence-corrected chi connectivity index (χ3v) is 2.94. The zero-order chi connectivity index (χ0) is 20.0. The van der Waals surface area contributed by atoms with Crippen LogP contribution in [0.25, 0.3) is 0 Å². The van der Waals surface area contributed by atoms with Crippen LogP contribution in [0, 0.1) is 6.92 Å². The van der Waals surface area contributed by atoms with E-state index < -0.39 is 17.1 Å². The average Bonchev–Trinajstić information content (AvgIpc) is 2.97. The molecule has 0 aliphatic carbocycles. The molecule has 27 heavy (non-hydrogen) atoms. The van der Waals surface area contributed by atoms with Crippen LogP contribution in [0.2, 0.25) is 0 Å². The maximum atomic E-state index is 11.8. The van der Waals surface area contributed by atoms with Gasteiger partial charge in [-0.15, -0.1) is 0 Å². The first-order valence-electron chi connectivity index (χ1n) is 7.47. The van der Waals surface area contributed by atoms with Crippen LogP contribution in [0.5, 0.6) is 0 Å². The highest BCUT2D eigenvalue weighted by Gasteiger charge is 2.11. The quantitative estimate of drug-likeness (QED) is 0.265. The number of anilines is 2. The molecule has 0 amide bonds. The van der Waals surface area contributed by atoms with Gasteiger partial charge >= 0.3 is 17.1 Å². The molecule has 0 saturated carbocycles. The predicted molar refractivity (Wildman–Crippen MR) is 92.9 cm³/mol. The van der Waals surface area contributed by atoms with Crippen LogP contribution in [-0.2, 0) is 6.42 Å². The summed E-state index contributed by atoms with van der Waals surface area (Å²) in [5.74, 6) is 0.734. The van der Waals surface area contributed by atoms with Crippen LogP contribution in [-0.4, -0.2) is 45.7 Å². The summed E-state index contributed by atoms with van der Waals surface area (Å²) in [5, 5.41) is 0. The highest BCUT2D eigenvalue weighted by molar-refractivity contribution is 5.92. The first kappa shape index (κ1) is 19.2. The predicted octanol–water partition coefficient (Wildman–Crippen LogP) is -2.37. The Kier molecular flexibility index (Phi) is 5.93. The Morgan fingerprint density at radius 3 is 1.89 bits per heavy atom. The fourth-order valence-electron chi connectivity index (χ4n) is 1.87. The second-order valence-corrected chi connectivity index (χ2v) is 5.14. The highest BCUT2D eigenvalue weighted by Crippen LogP contribution is 2.05. The van der Waals surface area contributed by atoms with Crippen molar-refractivity contribution < 1.29 is 4.79 Å². The number of hydrogen-bond donors (Lipinski definition) is 6. The van der Waals surface area contributed by atoms with E-state index in [1.807, 2.05) is 0 Å². The molecule has 0 aromatic carbocycles. The van der Waals surface area contributed by atoms with Gasteiger partial charge in [-0.2, -0.15) is 15.0 Å². The summed E-state index contributed by atoms with van der Waals surface area (Å²) in [6.07, 6.45) is 2.25. The number of aromatic amines is 4. The number of imidazole rings is 1. The number of carbonyl (C=O) groups excluding carboxylic acids is 1. The number of ketones is 1. The Morgan fingerprint density at radius 1 is 0.926 bits per heavy atom. The lowest BCUT2D eigenvalue weighted by Crippen LogP contribution is -2.34. The van der Waals surface area contributed by atoms with Crippen molar-refractivity contribution in [3.63, 3.8) is 0 Å².